The molecule has 2 aromatic carbocycles. The van der Waals surface area contributed by atoms with Gasteiger partial charge in [0.15, 0.2) is 17.7 Å². The summed E-state index contributed by atoms with van der Waals surface area (Å²) in [6, 6.07) is 7.88. The fourth-order valence-electron chi connectivity index (χ4n) is 2.50. The third-order valence-corrected chi connectivity index (χ3v) is 5.20. The van der Waals surface area contributed by atoms with Crippen LogP contribution < -0.4 is 24.8 Å². The van der Waals surface area contributed by atoms with E-state index in [0.717, 1.165) is 18.2 Å². The number of nitrogens with one attached hydrogen (secondary N) is 3. The summed E-state index contributed by atoms with van der Waals surface area (Å²) in [5.74, 6) is -0.413. The van der Waals surface area contributed by atoms with Crippen LogP contribution in [-0.2, 0) is 14.8 Å². The maximum Gasteiger partial charge on any atom is 0.262 e. The minimum absolute atomic E-state index is 0.0104. The number of amides is 1. The van der Waals surface area contributed by atoms with E-state index < -0.39 is 27.9 Å². The van der Waals surface area contributed by atoms with Crippen molar-refractivity contribution in [2.75, 3.05) is 24.9 Å². The highest BCUT2D eigenvalue weighted by Gasteiger charge is 2.33. The minimum Gasteiger partial charge on any atom is -0.493 e. The molecule has 1 aliphatic heterocycles. The van der Waals surface area contributed by atoms with E-state index in [4.69, 9.17) is 9.47 Å². The van der Waals surface area contributed by atoms with Crippen molar-refractivity contribution in [1.82, 2.24) is 4.72 Å². The van der Waals surface area contributed by atoms with Crippen LogP contribution in [0.4, 0.5) is 15.8 Å². The predicted molar refractivity (Wildman–Crippen MR) is 92.3 cm³/mol. The summed E-state index contributed by atoms with van der Waals surface area (Å²) < 4.78 is 50.4. The molecule has 8 nitrogen and oxygen atoms in total. The molecule has 3 rings (SSSR count). The average Bonchev–Trinajstić information content (AvgIpc) is 2.60. The topological polar surface area (TPSA) is 106 Å². The second-order valence-electron chi connectivity index (χ2n) is 5.40. The number of sulfonamides is 1. The fourth-order valence-corrected chi connectivity index (χ4v) is 3.76. The van der Waals surface area contributed by atoms with Crippen LogP contribution in [0.2, 0.25) is 0 Å². The van der Waals surface area contributed by atoms with Gasteiger partial charge in [-0.25, -0.2) is 12.8 Å². The first-order chi connectivity index (χ1) is 12.3. The van der Waals surface area contributed by atoms with Crippen LogP contribution >= 0.6 is 0 Å². The maximum absolute atomic E-state index is 13.4. The Morgan fingerprint density at radius 3 is 2.54 bits per heavy atom. The number of anilines is 2. The smallest absolute Gasteiger partial charge is 0.262 e. The lowest BCUT2D eigenvalue weighted by molar-refractivity contribution is -0.117. The SMILES string of the molecule is COc1ccc(NC(=O)C2Nc3cc(F)ccc3S(=O)(=O)N2)cc1OC. The van der Waals surface area contributed by atoms with Crippen molar-refractivity contribution >= 4 is 27.3 Å². The van der Waals surface area contributed by atoms with Crippen LogP contribution in [0.3, 0.4) is 0 Å². The Morgan fingerprint density at radius 2 is 1.85 bits per heavy atom. The van der Waals surface area contributed by atoms with Crippen LogP contribution in [0.5, 0.6) is 11.5 Å². The monoisotopic (exact) mass is 381 g/mol. The van der Waals surface area contributed by atoms with Crippen molar-refractivity contribution in [3.05, 3.63) is 42.2 Å². The Labute approximate surface area is 149 Å². The zero-order valence-corrected chi connectivity index (χ0v) is 14.7. The highest BCUT2D eigenvalue weighted by atomic mass is 32.2. The van der Waals surface area contributed by atoms with Crippen LogP contribution in [-0.4, -0.2) is 34.7 Å². The molecule has 0 saturated carbocycles. The van der Waals surface area contributed by atoms with Crippen molar-refractivity contribution in [2.24, 2.45) is 0 Å². The van der Waals surface area contributed by atoms with Crippen LogP contribution in [0.25, 0.3) is 0 Å². The molecule has 0 aromatic heterocycles. The predicted octanol–water partition coefficient (Wildman–Crippen LogP) is 1.51. The molecule has 0 bridgehead atoms. The number of halogens is 1. The van der Waals surface area contributed by atoms with Gasteiger partial charge in [0.25, 0.3) is 5.91 Å². The van der Waals surface area contributed by atoms with Gasteiger partial charge >= 0.3 is 0 Å². The first kappa shape index (κ1) is 18.0. The van der Waals surface area contributed by atoms with Crippen molar-refractivity contribution < 1.29 is 27.1 Å². The molecular formula is C16H16FN3O5S. The van der Waals surface area contributed by atoms with Gasteiger partial charge < -0.3 is 20.1 Å². The molecule has 0 radical (unpaired) electrons. The summed E-state index contributed by atoms with van der Waals surface area (Å²) in [6.45, 7) is 0. The molecule has 1 amide bonds. The molecule has 138 valence electrons. The molecule has 0 spiro atoms. The number of ether oxygens (including phenoxy) is 2. The lowest BCUT2D eigenvalue weighted by atomic mass is 10.2. The Morgan fingerprint density at radius 1 is 1.12 bits per heavy atom. The van der Waals surface area contributed by atoms with E-state index in [1.807, 2.05) is 0 Å². The number of methoxy groups -OCH3 is 2. The first-order valence-electron chi connectivity index (χ1n) is 7.45. The number of rotatable bonds is 4. The van der Waals surface area contributed by atoms with Gasteiger partial charge in [0.05, 0.1) is 19.9 Å². The standard InChI is InChI=1S/C16H16FN3O5S/c1-24-12-5-4-10(8-13(12)25-2)18-16(21)15-19-11-7-9(17)3-6-14(11)26(22,23)20-15/h3-8,15,19-20H,1-2H3,(H,18,21). The molecule has 1 atom stereocenters. The minimum atomic E-state index is -3.95. The largest absolute Gasteiger partial charge is 0.493 e. The van der Waals surface area contributed by atoms with Gasteiger partial charge in [-0.3, -0.25) is 4.79 Å². The van der Waals surface area contributed by atoms with Gasteiger partial charge in [-0.15, -0.1) is 0 Å². The zero-order chi connectivity index (χ0) is 18.9. The average molecular weight is 381 g/mol. The second-order valence-corrected chi connectivity index (χ2v) is 7.08. The van der Waals surface area contributed by atoms with Gasteiger partial charge in [-0.1, -0.05) is 0 Å². The van der Waals surface area contributed by atoms with Crippen molar-refractivity contribution in [2.45, 2.75) is 11.1 Å². The highest BCUT2D eigenvalue weighted by molar-refractivity contribution is 7.89. The van der Waals surface area contributed by atoms with Gasteiger partial charge in [-0.05, 0) is 30.3 Å². The van der Waals surface area contributed by atoms with Crippen molar-refractivity contribution in [3.8, 4) is 11.5 Å². The third-order valence-electron chi connectivity index (χ3n) is 3.72. The summed E-state index contributed by atoms with van der Waals surface area (Å²) in [7, 11) is -1.02. The number of carbonyl (C=O) groups excluding carboxylic acids is 1. The maximum atomic E-state index is 13.4. The van der Waals surface area contributed by atoms with E-state index in [2.05, 4.69) is 15.4 Å². The Kier molecular flexibility index (Phi) is 4.70. The number of hydrogen-bond donors (Lipinski definition) is 3. The Balaban J connectivity index is 1.83. The van der Waals surface area contributed by atoms with Crippen molar-refractivity contribution in [1.29, 1.82) is 0 Å². The van der Waals surface area contributed by atoms with Gasteiger partial charge in [-0.2, -0.15) is 4.72 Å². The molecular weight excluding hydrogens is 365 g/mol. The number of benzene rings is 2. The molecule has 10 heteroatoms. The number of carbonyl (C=O) groups is 1. The number of hydrogen-bond acceptors (Lipinski definition) is 6. The third kappa shape index (κ3) is 3.41. The second kappa shape index (κ2) is 6.81. The van der Waals surface area contributed by atoms with E-state index >= 15 is 0 Å². The lowest BCUT2D eigenvalue weighted by Gasteiger charge is -2.27. The molecule has 1 heterocycles. The molecule has 0 aliphatic carbocycles. The summed E-state index contributed by atoms with van der Waals surface area (Å²) in [6.07, 6.45) is -1.30. The van der Waals surface area contributed by atoms with Crippen LogP contribution in [0.1, 0.15) is 0 Å². The lowest BCUT2D eigenvalue weighted by Crippen LogP contribution is -2.51. The normalized spacial score (nSPS) is 17.6. The van der Waals surface area contributed by atoms with Crippen LogP contribution in [0.15, 0.2) is 41.3 Å². The van der Waals surface area contributed by atoms with Gasteiger partial charge in [0.1, 0.15) is 10.7 Å². The van der Waals surface area contributed by atoms with E-state index in [1.54, 1.807) is 12.1 Å². The van der Waals surface area contributed by atoms with E-state index in [-0.39, 0.29) is 10.6 Å². The van der Waals surface area contributed by atoms with E-state index in [9.17, 15) is 17.6 Å². The Hall–Kier alpha value is -2.85. The summed E-state index contributed by atoms with van der Waals surface area (Å²) in [4.78, 5) is 12.3. The molecule has 1 aliphatic rings. The van der Waals surface area contributed by atoms with E-state index in [0.29, 0.717) is 17.2 Å². The first-order valence-corrected chi connectivity index (χ1v) is 8.93. The molecule has 0 fully saturated rings. The summed E-state index contributed by atoms with van der Waals surface area (Å²) in [5.41, 5.74) is 0.384. The van der Waals surface area contributed by atoms with Gasteiger partial charge in [0.2, 0.25) is 10.0 Å². The summed E-state index contributed by atoms with van der Waals surface area (Å²) in [5, 5.41) is 5.23. The molecule has 2 aromatic rings. The molecule has 1 unspecified atom stereocenters. The van der Waals surface area contributed by atoms with Gasteiger partial charge in [0, 0.05) is 11.8 Å². The van der Waals surface area contributed by atoms with Crippen molar-refractivity contribution in [3.63, 3.8) is 0 Å². The summed E-state index contributed by atoms with van der Waals surface area (Å²) >= 11 is 0. The number of fused-ring (bicyclic) bond motifs is 1. The fraction of sp³-hybridized carbons (Fsp3) is 0.188. The van der Waals surface area contributed by atoms with Crippen LogP contribution in [0, 0.1) is 5.82 Å². The Bertz CT molecular complexity index is 964. The molecule has 0 saturated heterocycles. The van der Waals surface area contributed by atoms with E-state index in [1.165, 1.54) is 20.3 Å². The highest BCUT2D eigenvalue weighted by Crippen LogP contribution is 2.30. The zero-order valence-electron chi connectivity index (χ0n) is 13.9. The quantitative estimate of drug-likeness (QED) is 0.741. The molecule has 3 N–H and O–H groups in total. The molecule has 26 heavy (non-hydrogen) atoms.